The average molecular weight is 316 g/mol. The van der Waals surface area contributed by atoms with E-state index in [0.717, 1.165) is 5.56 Å². The number of aromatic amines is 1. The van der Waals surface area contributed by atoms with Gasteiger partial charge in [-0.2, -0.15) is 0 Å². The number of thioether (sulfide) groups is 1. The van der Waals surface area contributed by atoms with Crippen LogP contribution >= 0.6 is 11.8 Å². The molecule has 3 rings (SSSR count). The van der Waals surface area contributed by atoms with E-state index in [0.29, 0.717) is 22.9 Å². The molecule has 0 fully saturated rings. The monoisotopic (exact) mass is 316 g/mol. The van der Waals surface area contributed by atoms with Gasteiger partial charge in [0.2, 0.25) is 0 Å². The van der Waals surface area contributed by atoms with Crippen LogP contribution in [0.3, 0.4) is 0 Å². The number of aryl methyl sites for hydroxylation is 2. The lowest BCUT2D eigenvalue weighted by molar-refractivity contribution is 0.729. The van der Waals surface area contributed by atoms with E-state index in [9.17, 15) is 9.59 Å². The molecule has 114 valence electrons. The van der Waals surface area contributed by atoms with Gasteiger partial charge in [-0.05, 0) is 18.7 Å². The smallest absolute Gasteiger partial charge is 0.309 e. The van der Waals surface area contributed by atoms with Gasteiger partial charge in [-0.25, -0.2) is 9.78 Å². The molecule has 7 heteroatoms. The number of hydrogen-bond acceptors (Lipinski definition) is 4. The Kier molecular flexibility index (Phi) is 3.66. The predicted molar refractivity (Wildman–Crippen MR) is 87.7 cm³/mol. The zero-order chi connectivity index (χ0) is 15.9. The van der Waals surface area contributed by atoms with E-state index >= 15 is 0 Å². The third kappa shape index (κ3) is 2.37. The highest BCUT2D eigenvalue weighted by molar-refractivity contribution is 7.98. The minimum atomic E-state index is -0.454. The molecule has 0 aliphatic carbocycles. The number of benzene rings is 1. The van der Waals surface area contributed by atoms with Crippen LogP contribution in [0.4, 0.5) is 0 Å². The molecule has 3 aromatic rings. The van der Waals surface area contributed by atoms with Gasteiger partial charge in [0.05, 0.1) is 6.54 Å². The Balaban J connectivity index is 2.24. The molecule has 2 heterocycles. The Labute approximate surface area is 130 Å². The topological polar surface area (TPSA) is 72.7 Å². The Hall–Kier alpha value is -2.28. The lowest BCUT2D eigenvalue weighted by Crippen LogP contribution is -2.29. The van der Waals surface area contributed by atoms with Crippen LogP contribution in [-0.4, -0.2) is 25.4 Å². The Morgan fingerprint density at radius 2 is 1.91 bits per heavy atom. The number of H-pyrrole nitrogens is 1. The number of fused-ring (bicyclic) bond motifs is 1. The van der Waals surface area contributed by atoms with Crippen LogP contribution in [0.2, 0.25) is 0 Å². The molecule has 22 heavy (non-hydrogen) atoms. The van der Waals surface area contributed by atoms with E-state index in [4.69, 9.17) is 0 Å². The highest BCUT2D eigenvalue weighted by atomic mass is 32.2. The van der Waals surface area contributed by atoms with Crippen molar-refractivity contribution in [2.24, 2.45) is 7.05 Å². The van der Waals surface area contributed by atoms with Crippen LogP contribution in [0.25, 0.3) is 11.2 Å². The standard InChI is InChI=1S/C15H16N4O2S/c1-9-4-6-10(7-5-9)8-19-11-12(16-15(19)22-3)18(2)14(21)17-13(11)20/h4-7H,8H2,1-3H3,(H,17,20,21). The lowest BCUT2D eigenvalue weighted by atomic mass is 10.1. The molecule has 0 unspecified atom stereocenters. The summed E-state index contributed by atoms with van der Waals surface area (Å²) in [4.78, 5) is 30.7. The normalized spacial score (nSPS) is 11.2. The second kappa shape index (κ2) is 5.49. The predicted octanol–water partition coefficient (Wildman–Crippen LogP) is 1.50. The van der Waals surface area contributed by atoms with Gasteiger partial charge in [0.15, 0.2) is 16.3 Å². The number of nitrogens with one attached hydrogen (secondary N) is 1. The summed E-state index contributed by atoms with van der Waals surface area (Å²) in [5.74, 6) is 0. The molecular formula is C15H16N4O2S. The van der Waals surface area contributed by atoms with Gasteiger partial charge >= 0.3 is 5.69 Å². The third-order valence-electron chi connectivity index (χ3n) is 3.62. The van der Waals surface area contributed by atoms with Crippen molar-refractivity contribution in [3.8, 4) is 0 Å². The molecule has 6 nitrogen and oxygen atoms in total. The number of hydrogen-bond donors (Lipinski definition) is 1. The summed E-state index contributed by atoms with van der Waals surface area (Å²) in [5.41, 5.74) is 2.23. The van der Waals surface area contributed by atoms with E-state index in [1.165, 1.54) is 21.9 Å². The Bertz CT molecular complexity index is 951. The van der Waals surface area contributed by atoms with Crippen molar-refractivity contribution in [3.63, 3.8) is 0 Å². The van der Waals surface area contributed by atoms with Gasteiger partial charge in [0.1, 0.15) is 0 Å². The number of nitrogens with zero attached hydrogens (tertiary/aromatic N) is 3. The van der Waals surface area contributed by atoms with Crippen LogP contribution in [0.15, 0.2) is 39.0 Å². The first kappa shape index (κ1) is 14.6. The minimum absolute atomic E-state index is 0.405. The first-order valence-corrected chi connectivity index (χ1v) is 8.03. The maximum Gasteiger partial charge on any atom is 0.329 e. The molecule has 2 aromatic heterocycles. The quantitative estimate of drug-likeness (QED) is 0.743. The SMILES string of the molecule is CSc1nc2c(c(=O)[nH]c(=O)n2C)n1Cc1ccc(C)cc1. The summed E-state index contributed by atoms with van der Waals surface area (Å²) >= 11 is 1.45. The Morgan fingerprint density at radius 3 is 2.55 bits per heavy atom. The third-order valence-corrected chi connectivity index (χ3v) is 4.29. The fourth-order valence-electron chi connectivity index (χ4n) is 2.39. The number of imidazole rings is 1. The Morgan fingerprint density at radius 1 is 1.23 bits per heavy atom. The molecule has 1 N–H and O–H groups in total. The van der Waals surface area contributed by atoms with E-state index in [2.05, 4.69) is 9.97 Å². The van der Waals surface area contributed by atoms with Crippen molar-refractivity contribution in [2.75, 3.05) is 6.26 Å². The van der Waals surface area contributed by atoms with Crippen LogP contribution in [0.5, 0.6) is 0 Å². The maximum atomic E-state index is 12.2. The van der Waals surface area contributed by atoms with Crippen molar-refractivity contribution in [1.29, 1.82) is 0 Å². The van der Waals surface area contributed by atoms with Gasteiger partial charge in [0, 0.05) is 7.05 Å². The fraction of sp³-hybridized carbons (Fsp3) is 0.267. The van der Waals surface area contributed by atoms with Crippen molar-refractivity contribution < 1.29 is 0 Å². The van der Waals surface area contributed by atoms with Gasteiger partial charge in [-0.15, -0.1) is 0 Å². The number of aromatic nitrogens is 4. The zero-order valence-corrected chi connectivity index (χ0v) is 13.4. The first-order chi connectivity index (χ1) is 10.5. The lowest BCUT2D eigenvalue weighted by Gasteiger charge is -2.07. The summed E-state index contributed by atoms with van der Waals surface area (Å²) in [6, 6.07) is 8.13. The second-order valence-corrected chi connectivity index (χ2v) is 5.93. The van der Waals surface area contributed by atoms with Gasteiger partial charge in [-0.3, -0.25) is 14.3 Å². The molecule has 0 radical (unpaired) electrons. The van der Waals surface area contributed by atoms with Crippen molar-refractivity contribution >= 4 is 22.9 Å². The molecule has 0 saturated carbocycles. The molecule has 0 amide bonds. The highest BCUT2D eigenvalue weighted by Gasteiger charge is 2.16. The highest BCUT2D eigenvalue weighted by Crippen LogP contribution is 2.20. The summed E-state index contributed by atoms with van der Waals surface area (Å²) in [7, 11) is 1.61. The summed E-state index contributed by atoms with van der Waals surface area (Å²) in [5, 5.41) is 0.710. The molecule has 0 spiro atoms. The molecule has 1 aromatic carbocycles. The van der Waals surface area contributed by atoms with E-state index < -0.39 is 11.2 Å². The molecule has 0 bridgehead atoms. The van der Waals surface area contributed by atoms with Crippen molar-refractivity contribution in [1.82, 2.24) is 19.1 Å². The summed E-state index contributed by atoms with van der Waals surface area (Å²) in [6.07, 6.45) is 1.90. The van der Waals surface area contributed by atoms with Crippen molar-refractivity contribution in [2.45, 2.75) is 18.6 Å². The minimum Gasteiger partial charge on any atom is -0.309 e. The van der Waals surface area contributed by atoms with E-state index in [1.807, 2.05) is 42.0 Å². The summed E-state index contributed by atoms with van der Waals surface area (Å²) in [6.45, 7) is 2.57. The average Bonchev–Trinajstić information content (AvgIpc) is 2.86. The zero-order valence-electron chi connectivity index (χ0n) is 12.6. The van der Waals surface area contributed by atoms with Crippen LogP contribution in [0, 0.1) is 6.92 Å². The molecule has 0 saturated heterocycles. The second-order valence-electron chi connectivity index (χ2n) is 5.16. The van der Waals surface area contributed by atoms with Crippen LogP contribution < -0.4 is 11.2 Å². The van der Waals surface area contributed by atoms with Gasteiger partial charge in [-0.1, -0.05) is 41.6 Å². The number of rotatable bonds is 3. The largest absolute Gasteiger partial charge is 0.329 e. The van der Waals surface area contributed by atoms with Gasteiger partial charge < -0.3 is 4.57 Å². The maximum absolute atomic E-state index is 12.2. The fourth-order valence-corrected chi connectivity index (χ4v) is 2.95. The van der Waals surface area contributed by atoms with E-state index in [1.54, 1.807) is 7.05 Å². The molecule has 0 atom stereocenters. The van der Waals surface area contributed by atoms with Crippen molar-refractivity contribution in [3.05, 3.63) is 56.2 Å². The molecule has 0 aliphatic rings. The van der Waals surface area contributed by atoms with Crippen LogP contribution in [0.1, 0.15) is 11.1 Å². The molecule has 0 aliphatic heterocycles. The molecular weight excluding hydrogens is 300 g/mol. The first-order valence-electron chi connectivity index (χ1n) is 6.80. The summed E-state index contributed by atoms with van der Waals surface area (Å²) < 4.78 is 3.21. The van der Waals surface area contributed by atoms with E-state index in [-0.39, 0.29) is 0 Å². The van der Waals surface area contributed by atoms with Gasteiger partial charge in [0.25, 0.3) is 5.56 Å². The van der Waals surface area contributed by atoms with Crippen LogP contribution in [-0.2, 0) is 13.6 Å².